The molecule has 2 saturated heterocycles. The second-order valence-electron chi connectivity index (χ2n) is 6.26. The summed E-state index contributed by atoms with van der Waals surface area (Å²) in [6.45, 7) is 4.59. The molecule has 2 aliphatic heterocycles. The van der Waals surface area contributed by atoms with Crippen LogP contribution in [0.15, 0.2) is 24.3 Å². The van der Waals surface area contributed by atoms with E-state index in [0.717, 1.165) is 47.5 Å². The highest BCUT2D eigenvalue weighted by molar-refractivity contribution is 6.16. The number of hydrogen-bond donors (Lipinski definition) is 0. The lowest BCUT2D eigenvalue weighted by Crippen LogP contribution is -2.27. The van der Waals surface area contributed by atoms with E-state index >= 15 is 0 Å². The fourth-order valence-corrected chi connectivity index (χ4v) is 3.93. The molecule has 0 N–H and O–H groups in total. The monoisotopic (exact) mass is 302 g/mol. The molecular weight excluding hydrogens is 284 g/mol. The maximum atomic E-state index is 5.97. The quantitative estimate of drug-likeness (QED) is 0.797. The number of alkyl halides is 1. The normalized spacial score (nSPS) is 25.7. The van der Waals surface area contributed by atoms with Crippen LogP contribution in [-0.4, -0.2) is 48.1 Å². The molecule has 0 saturated carbocycles. The van der Waals surface area contributed by atoms with Crippen LogP contribution in [0.4, 0.5) is 5.82 Å². The Morgan fingerprint density at radius 1 is 1.10 bits per heavy atom. The summed E-state index contributed by atoms with van der Waals surface area (Å²) in [5.41, 5.74) is 0.993. The molecule has 0 amide bonds. The molecule has 2 atom stereocenters. The molecule has 1 aromatic heterocycles. The molecule has 4 rings (SSSR count). The lowest BCUT2D eigenvalue weighted by Gasteiger charge is -2.22. The van der Waals surface area contributed by atoms with Gasteiger partial charge >= 0.3 is 0 Å². The summed E-state index contributed by atoms with van der Waals surface area (Å²) in [4.78, 5) is 14.1. The van der Waals surface area contributed by atoms with Gasteiger partial charge in [0.15, 0.2) is 0 Å². The summed E-state index contributed by atoms with van der Waals surface area (Å²) in [5.74, 6) is 3.68. The van der Waals surface area contributed by atoms with Gasteiger partial charge in [-0.05, 0) is 31.0 Å². The van der Waals surface area contributed by atoms with Crippen molar-refractivity contribution in [2.24, 2.45) is 11.8 Å². The lowest BCUT2D eigenvalue weighted by atomic mass is 10.0. The number of benzene rings is 1. The Morgan fingerprint density at radius 2 is 1.81 bits per heavy atom. The fourth-order valence-electron chi connectivity index (χ4n) is 3.81. The van der Waals surface area contributed by atoms with Crippen LogP contribution in [-0.2, 0) is 5.88 Å². The van der Waals surface area contributed by atoms with Crippen molar-refractivity contribution in [3.63, 3.8) is 0 Å². The predicted octanol–water partition coefficient (Wildman–Crippen LogP) is 2.37. The summed E-state index contributed by atoms with van der Waals surface area (Å²) in [5, 5.41) is 1.14. The van der Waals surface area contributed by atoms with Crippen LogP contribution in [0.1, 0.15) is 5.82 Å². The number of likely N-dealkylation sites (tertiary alicyclic amines) is 1. The highest BCUT2D eigenvalue weighted by Crippen LogP contribution is 2.35. The van der Waals surface area contributed by atoms with Gasteiger partial charge in [-0.1, -0.05) is 12.1 Å². The van der Waals surface area contributed by atoms with Crippen LogP contribution in [0.2, 0.25) is 0 Å². The van der Waals surface area contributed by atoms with Gasteiger partial charge in [-0.25, -0.2) is 9.97 Å². The number of hydrogen-bond acceptors (Lipinski definition) is 4. The van der Waals surface area contributed by atoms with Crippen LogP contribution in [0.5, 0.6) is 0 Å². The van der Waals surface area contributed by atoms with Crippen molar-refractivity contribution in [2.75, 3.05) is 38.1 Å². The third-order valence-corrected chi connectivity index (χ3v) is 4.96. The van der Waals surface area contributed by atoms with Crippen LogP contribution in [0.3, 0.4) is 0 Å². The van der Waals surface area contributed by atoms with E-state index in [4.69, 9.17) is 16.6 Å². The number of rotatable bonds is 2. The minimum absolute atomic E-state index is 0.362. The molecule has 0 spiro atoms. The first-order chi connectivity index (χ1) is 10.2. The molecule has 2 fully saturated rings. The maximum Gasteiger partial charge on any atom is 0.146 e. The first-order valence-electron chi connectivity index (χ1n) is 7.49. The molecular formula is C16H19ClN4. The SMILES string of the molecule is CN1CC2CN(c3nc(CCl)nc4ccccc34)CC2C1. The van der Waals surface area contributed by atoms with E-state index < -0.39 is 0 Å². The summed E-state index contributed by atoms with van der Waals surface area (Å²) in [6, 6.07) is 8.23. The first-order valence-corrected chi connectivity index (χ1v) is 8.03. The molecule has 0 aliphatic carbocycles. The van der Waals surface area contributed by atoms with Gasteiger partial charge in [0.2, 0.25) is 0 Å². The molecule has 3 heterocycles. The third-order valence-electron chi connectivity index (χ3n) is 4.72. The van der Waals surface area contributed by atoms with E-state index in [-0.39, 0.29) is 0 Å². The maximum absolute atomic E-state index is 5.97. The fraction of sp³-hybridized carbons (Fsp3) is 0.500. The Bertz CT molecular complexity index is 660. The third kappa shape index (κ3) is 2.27. The second kappa shape index (κ2) is 5.11. The van der Waals surface area contributed by atoms with Crippen molar-refractivity contribution < 1.29 is 0 Å². The topological polar surface area (TPSA) is 32.3 Å². The molecule has 2 aromatic rings. The van der Waals surface area contributed by atoms with Gasteiger partial charge in [0.1, 0.15) is 11.6 Å². The molecule has 0 radical (unpaired) electrons. The van der Waals surface area contributed by atoms with Crippen LogP contribution >= 0.6 is 11.6 Å². The standard InChI is InChI=1S/C16H19ClN4/c1-20-7-11-9-21(10-12(11)8-20)16-13-4-2-3-5-14(13)18-15(6-17)19-16/h2-5,11-12H,6-10H2,1H3. The van der Waals surface area contributed by atoms with Gasteiger partial charge in [0, 0.05) is 31.6 Å². The van der Waals surface area contributed by atoms with E-state index in [1.54, 1.807) is 0 Å². The average Bonchev–Trinajstić information content (AvgIpc) is 3.03. The zero-order chi connectivity index (χ0) is 14.4. The van der Waals surface area contributed by atoms with Gasteiger partial charge in [-0.3, -0.25) is 0 Å². The van der Waals surface area contributed by atoms with Gasteiger partial charge < -0.3 is 9.80 Å². The van der Waals surface area contributed by atoms with Crippen molar-refractivity contribution in [3.8, 4) is 0 Å². The zero-order valence-electron chi connectivity index (χ0n) is 12.2. The average molecular weight is 303 g/mol. The number of aromatic nitrogens is 2. The van der Waals surface area contributed by atoms with Crippen LogP contribution in [0, 0.1) is 11.8 Å². The van der Waals surface area contributed by atoms with Gasteiger partial charge in [0.05, 0.1) is 11.4 Å². The Morgan fingerprint density at radius 3 is 2.52 bits per heavy atom. The predicted molar refractivity (Wildman–Crippen MR) is 85.8 cm³/mol. The van der Waals surface area contributed by atoms with Crippen molar-refractivity contribution in [2.45, 2.75) is 5.88 Å². The van der Waals surface area contributed by atoms with Crippen molar-refractivity contribution in [1.29, 1.82) is 0 Å². The van der Waals surface area contributed by atoms with Crippen LogP contribution in [0.25, 0.3) is 10.9 Å². The molecule has 4 nitrogen and oxygen atoms in total. The Labute approximate surface area is 129 Å². The molecule has 1 aromatic carbocycles. The first kappa shape index (κ1) is 13.3. The Hall–Kier alpha value is -1.39. The molecule has 110 valence electrons. The van der Waals surface area contributed by atoms with E-state index in [2.05, 4.69) is 34.0 Å². The molecule has 5 heteroatoms. The minimum atomic E-state index is 0.362. The van der Waals surface area contributed by atoms with Crippen molar-refractivity contribution in [3.05, 3.63) is 30.1 Å². The van der Waals surface area contributed by atoms with E-state index in [0.29, 0.717) is 5.88 Å². The number of nitrogens with zero attached hydrogens (tertiary/aromatic N) is 4. The summed E-state index contributed by atoms with van der Waals surface area (Å²) in [7, 11) is 2.22. The second-order valence-corrected chi connectivity index (χ2v) is 6.53. The molecule has 21 heavy (non-hydrogen) atoms. The highest BCUT2D eigenvalue weighted by Gasteiger charge is 2.39. The van der Waals surface area contributed by atoms with Gasteiger partial charge in [0.25, 0.3) is 0 Å². The number of halogens is 1. The highest BCUT2D eigenvalue weighted by atomic mass is 35.5. The van der Waals surface area contributed by atoms with Crippen molar-refractivity contribution in [1.82, 2.24) is 14.9 Å². The van der Waals surface area contributed by atoms with Crippen molar-refractivity contribution >= 4 is 28.3 Å². The smallest absolute Gasteiger partial charge is 0.146 e. The molecule has 0 bridgehead atoms. The summed E-state index contributed by atoms with van der Waals surface area (Å²) in [6.07, 6.45) is 0. The van der Waals surface area contributed by atoms with Gasteiger partial charge in [-0.2, -0.15) is 0 Å². The summed E-state index contributed by atoms with van der Waals surface area (Å²) >= 11 is 5.97. The Balaban J connectivity index is 1.73. The van der Waals surface area contributed by atoms with E-state index in [1.165, 1.54) is 13.1 Å². The van der Waals surface area contributed by atoms with Crippen LogP contribution < -0.4 is 4.90 Å². The van der Waals surface area contributed by atoms with E-state index in [9.17, 15) is 0 Å². The number of anilines is 1. The minimum Gasteiger partial charge on any atom is -0.355 e. The Kier molecular flexibility index (Phi) is 3.23. The van der Waals surface area contributed by atoms with Gasteiger partial charge in [-0.15, -0.1) is 11.6 Å². The molecule has 2 aliphatic rings. The largest absolute Gasteiger partial charge is 0.355 e. The lowest BCUT2D eigenvalue weighted by molar-refractivity contribution is 0.387. The zero-order valence-corrected chi connectivity index (χ0v) is 12.9. The summed E-state index contributed by atoms with van der Waals surface area (Å²) < 4.78 is 0. The number of fused-ring (bicyclic) bond motifs is 2. The molecule has 2 unspecified atom stereocenters. The van der Waals surface area contributed by atoms with E-state index in [1.807, 2.05) is 12.1 Å². The number of para-hydroxylation sites is 1.